The Kier molecular flexibility index (Phi) is 7.81. The number of hydrogen-bond donors (Lipinski definition) is 2. The fraction of sp³-hybridized carbons (Fsp3) is 0.241. The van der Waals surface area contributed by atoms with E-state index in [9.17, 15) is 4.79 Å². The van der Waals surface area contributed by atoms with Crippen molar-refractivity contribution in [2.45, 2.75) is 43.7 Å². The van der Waals surface area contributed by atoms with E-state index in [-0.39, 0.29) is 30.3 Å². The number of nitrogens with zero attached hydrogens (tertiary/aromatic N) is 1. The van der Waals surface area contributed by atoms with Gasteiger partial charge in [-0.05, 0) is 55.0 Å². The normalized spacial score (nSPS) is 17.7. The summed E-state index contributed by atoms with van der Waals surface area (Å²) < 4.78 is 0. The van der Waals surface area contributed by atoms with E-state index in [1.54, 1.807) is 0 Å². The first-order valence-corrected chi connectivity index (χ1v) is 11.8. The van der Waals surface area contributed by atoms with Gasteiger partial charge in [0.05, 0.1) is 11.4 Å². The Balaban J connectivity index is 0.00000274. The number of amides is 1. The summed E-state index contributed by atoms with van der Waals surface area (Å²) in [5, 5.41) is 8.09. The number of hydrogen-bond acceptors (Lipinski definition) is 3. The van der Waals surface area contributed by atoms with Crippen LogP contribution in [0, 0.1) is 0 Å². The maximum Gasteiger partial charge on any atom is 0.232 e. The minimum atomic E-state index is -0.287. The Hall–Kier alpha value is -3.37. The fourth-order valence-corrected chi connectivity index (χ4v) is 4.81. The van der Waals surface area contributed by atoms with Crippen molar-refractivity contribution < 1.29 is 4.79 Å². The van der Waals surface area contributed by atoms with Gasteiger partial charge in [0.1, 0.15) is 5.82 Å². The number of anilines is 1. The molecule has 1 amide bonds. The summed E-state index contributed by atoms with van der Waals surface area (Å²) in [5.41, 5.74) is 3.06. The van der Waals surface area contributed by atoms with Gasteiger partial charge in [0, 0.05) is 17.5 Å². The van der Waals surface area contributed by atoms with Gasteiger partial charge < -0.3 is 10.6 Å². The third-order valence-electron chi connectivity index (χ3n) is 6.55. The quantitative estimate of drug-likeness (QED) is 0.345. The zero-order valence-corrected chi connectivity index (χ0v) is 19.9. The van der Waals surface area contributed by atoms with Crippen LogP contribution in [0.4, 0.5) is 5.82 Å². The Morgan fingerprint density at radius 2 is 1.26 bits per heavy atom. The Bertz CT molecular complexity index is 1170. The zero-order chi connectivity index (χ0) is 22.5. The van der Waals surface area contributed by atoms with E-state index >= 15 is 0 Å². The van der Waals surface area contributed by atoms with Gasteiger partial charge in [-0.3, -0.25) is 4.79 Å². The van der Waals surface area contributed by atoms with Crippen LogP contribution in [0.2, 0.25) is 0 Å². The van der Waals surface area contributed by atoms with Gasteiger partial charge >= 0.3 is 0 Å². The summed E-state index contributed by atoms with van der Waals surface area (Å²) >= 11 is 0. The van der Waals surface area contributed by atoms with E-state index < -0.39 is 0 Å². The number of carbonyl (C=O) groups excluding carboxylic acids is 1. The molecule has 0 radical (unpaired) electrons. The third kappa shape index (κ3) is 5.57. The van der Waals surface area contributed by atoms with Crippen LogP contribution < -0.4 is 10.6 Å². The monoisotopic (exact) mass is 471 g/mol. The molecule has 2 N–H and O–H groups in total. The minimum absolute atomic E-state index is 0. The smallest absolute Gasteiger partial charge is 0.232 e. The molecule has 5 heteroatoms. The number of rotatable bonds is 6. The summed E-state index contributed by atoms with van der Waals surface area (Å²) in [6.45, 7) is 0. The molecule has 3 aromatic carbocycles. The lowest BCUT2D eigenvalue weighted by atomic mass is 9.88. The molecule has 1 fully saturated rings. The Labute approximate surface area is 207 Å². The lowest BCUT2D eigenvalue weighted by Crippen LogP contribution is -2.42. The molecule has 5 rings (SSSR count). The van der Waals surface area contributed by atoms with Crippen LogP contribution in [-0.2, 0) is 4.79 Å². The summed E-state index contributed by atoms with van der Waals surface area (Å²) in [7, 11) is 0. The molecule has 1 aliphatic rings. The fourth-order valence-electron chi connectivity index (χ4n) is 4.81. The van der Waals surface area contributed by atoms with Crippen molar-refractivity contribution in [2.24, 2.45) is 0 Å². The van der Waals surface area contributed by atoms with Crippen LogP contribution >= 0.6 is 12.4 Å². The number of fused-ring (bicyclic) bond motifs is 1. The second-order valence-electron chi connectivity index (χ2n) is 8.85. The molecule has 0 bridgehead atoms. The lowest BCUT2D eigenvalue weighted by molar-refractivity contribution is -0.122. The first kappa shape index (κ1) is 23.8. The number of pyridine rings is 1. The molecule has 4 nitrogen and oxygen atoms in total. The van der Waals surface area contributed by atoms with Crippen molar-refractivity contribution in [3.8, 4) is 0 Å². The largest absolute Gasteiger partial charge is 0.367 e. The molecule has 0 unspecified atom stereocenters. The average Bonchev–Trinajstić information content (AvgIpc) is 2.87. The van der Waals surface area contributed by atoms with E-state index in [0.717, 1.165) is 53.5 Å². The van der Waals surface area contributed by atoms with Crippen molar-refractivity contribution in [2.75, 3.05) is 5.32 Å². The van der Waals surface area contributed by atoms with Gasteiger partial charge in [0.15, 0.2) is 0 Å². The molecular weight excluding hydrogens is 442 g/mol. The molecule has 1 saturated carbocycles. The summed E-state index contributed by atoms with van der Waals surface area (Å²) in [4.78, 5) is 18.1. The van der Waals surface area contributed by atoms with E-state index in [1.807, 2.05) is 78.9 Å². The van der Waals surface area contributed by atoms with Gasteiger partial charge in [-0.25, -0.2) is 4.98 Å². The SMILES string of the molecule is Cl.O=C(N[C@H]1CC[C@@H](Nc2ccc3ccccc3n2)CC1)C(c1ccccc1)c1ccccc1. The summed E-state index contributed by atoms with van der Waals surface area (Å²) in [6.07, 6.45) is 3.96. The molecule has 1 heterocycles. The second kappa shape index (κ2) is 11.2. The molecular formula is C29H30ClN3O. The van der Waals surface area contributed by atoms with Crippen LogP contribution in [0.25, 0.3) is 10.9 Å². The second-order valence-corrected chi connectivity index (χ2v) is 8.85. The van der Waals surface area contributed by atoms with Gasteiger partial charge in [-0.2, -0.15) is 0 Å². The topological polar surface area (TPSA) is 54.0 Å². The summed E-state index contributed by atoms with van der Waals surface area (Å²) in [6, 6.07) is 33.0. The molecule has 0 atom stereocenters. The number of aromatic nitrogens is 1. The molecule has 0 aliphatic heterocycles. The average molecular weight is 472 g/mol. The van der Waals surface area contributed by atoms with Crippen LogP contribution in [0.15, 0.2) is 97.1 Å². The van der Waals surface area contributed by atoms with Crippen LogP contribution in [0.5, 0.6) is 0 Å². The Morgan fingerprint density at radius 1 is 0.706 bits per heavy atom. The lowest BCUT2D eigenvalue weighted by Gasteiger charge is -2.31. The first-order chi connectivity index (χ1) is 16.3. The Morgan fingerprint density at radius 3 is 1.91 bits per heavy atom. The van der Waals surface area contributed by atoms with Crippen LogP contribution in [0.3, 0.4) is 0 Å². The van der Waals surface area contributed by atoms with Crippen molar-refractivity contribution in [3.05, 3.63) is 108 Å². The predicted octanol–water partition coefficient (Wildman–Crippen LogP) is 6.33. The standard InChI is InChI=1S/C29H29N3O.ClH/c33-29(28(22-10-3-1-4-11-22)23-12-5-2-6-13-23)31-25-18-16-24(17-19-25)30-27-20-15-21-9-7-8-14-26(21)32-27;/h1-15,20,24-25,28H,16-19H2,(H,30,32)(H,31,33);1H/t24-,25+;. The molecule has 1 aromatic heterocycles. The van der Waals surface area contributed by atoms with Crippen molar-refractivity contribution >= 4 is 35.0 Å². The first-order valence-electron chi connectivity index (χ1n) is 11.8. The molecule has 4 aromatic rings. The highest BCUT2D eigenvalue weighted by molar-refractivity contribution is 5.87. The highest BCUT2D eigenvalue weighted by Gasteiger charge is 2.27. The van der Waals surface area contributed by atoms with E-state index in [4.69, 9.17) is 4.98 Å². The van der Waals surface area contributed by atoms with Crippen molar-refractivity contribution in [1.82, 2.24) is 10.3 Å². The highest BCUT2D eigenvalue weighted by Crippen LogP contribution is 2.27. The number of benzene rings is 3. The van der Waals surface area contributed by atoms with Crippen molar-refractivity contribution in [1.29, 1.82) is 0 Å². The van der Waals surface area contributed by atoms with Gasteiger partial charge in [-0.1, -0.05) is 78.9 Å². The van der Waals surface area contributed by atoms with Gasteiger partial charge in [0.2, 0.25) is 5.91 Å². The number of carbonyl (C=O) groups is 1. The van der Waals surface area contributed by atoms with Crippen molar-refractivity contribution in [3.63, 3.8) is 0 Å². The van der Waals surface area contributed by atoms with Crippen LogP contribution in [0.1, 0.15) is 42.7 Å². The molecule has 0 spiro atoms. The predicted molar refractivity (Wildman–Crippen MR) is 142 cm³/mol. The van der Waals surface area contributed by atoms with E-state index in [2.05, 4.69) is 28.8 Å². The third-order valence-corrected chi connectivity index (χ3v) is 6.55. The highest BCUT2D eigenvalue weighted by atomic mass is 35.5. The number of halogens is 1. The van der Waals surface area contributed by atoms with Gasteiger partial charge in [0.25, 0.3) is 0 Å². The maximum atomic E-state index is 13.4. The molecule has 34 heavy (non-hydrogen) atoms. The van der Waals surface area contributed by atoms with E-state index in [1.165, 1.54) is 0 Å². The molecule has 1 aliphatic carbocycles. The zero-order valence-electron chi connectivity index (χ0n) is 19.1. The minimum Gasteiger partial charge on any atom is -0.367 e. The van der Waals surface area contributed by atoms with E-state index in [0.29, 0.717) is 6.04 Å². The van der Waals surface area contributed by atoms with Crippen LogP contribution in [-0.4, -0.2) is 23.0 Å². The van der Waals surface area contributed by atoms with Gasteiger partial charge in [-0.15, -0.1) is 12.4 Å². The summed E-state index contributed by atoms with van der Waals surface area (Å²) in [5.74, 6) is 0.722. The number of nitrogens with one attached hydrogen (secondary N) is 2. The molecule has 174 valence electrons. The molecule has 0 saturated heterocycles. The maximum absolute atomic E-state index is 13.4. The number of para-hydroxylation sites is 1.